The Hall–Kier alpha value is -2.03. The molecular formula is C14H14O3. The van der Waals surface area contributed by atoms with E-state index in [1.807, 2.05) is 42.5 Å². The maximum absolute atomic E-state index is 11.2. The average Bonchev–Trinajstić information content (AvgIpc) is 2.37. The van der Waals surface area contributed by atoms with Crippen molar-refractivity contribution in [2.45, 2.75) is 12.5 Å². The summed E-state index contributed by atoms with van der Waals surface area (Å²) >= 11 is 0. The Labute approximate surface area is 100 Å². The summed E-state index contributed by atoms with van der Waals surface area (Å²) < 4.78 is 10.2. The minimum Gasteiger partial charge on any atom is -0.501 e. The Balaban J connectivity index is 2.03. The van der Waals surface area contributed by atoms with E-state index in [9.17, 15) is 4.79 Å². The van der Waals surface area contributed by atoms with Gasteiger partial charge in [0.2, 0.25) is 0 Å². The van der Waals surface area contributed by atoms with E-state index >= 15 is 0 Å². The van der Waals surface area contributed by atoms with Gasteiger partial charge in [-0.05, 0) is 11.6 Å². The van der Waals surface area contributed by atoms with Gasteiger partial charge in [0, 0.05) is 6.42 Å². The minimum atomic E-state index is -0.351. The van der Waals surface area contributed by atoms with Gasteiger partial charge < -0.3 is 9.47 Å². The van der Waals surface area contributed by atoms with Gasteiger partial charge in [-0.2, -0.15) is 0 Å². The first-order chi connectivity index (χ1) is 8.28. The smallest absolute Gasteiger partial charge is 0.334 e. The lowest BCUT2D eigenvalue weighted by Gasteiger charge is -2.19. The first-order valence-corrected chi connectivity index (χ1v) is 5.46. The molecule has 3 nitrogen and oxygen atoms in total. The number of hydrogen-bond acceptors (Lipinski definition) is 3. The first-order valence-electron chi connectivity index (χ1n) is 5.46. The largest absolute Gasteiger partial charge is 0.501 e. The van der Waals surface area contributed by atoms with Gasteiger partial charge in [0.05, 0.1) is 13.2 Å². The van der Waals surface area contributed by atoms with Crippen molar-refractivity contribution < 1.29 is 14.3 Å². The van der Waals surface area contributed by atoms with E-state index in [0.717, 1.165) is 5.56 Å². The van der Waals surface area contributed by atoms with Crippen LogP contribution in [-0.2, 0) is 14.3 Å². The molecule has 0 saturated heterocycles. The molecule has 88 valence electrons. The Morgan fingerprint density at radius 2 is 2.12 bits per heavy atom. The molecule has 0 saturated carbocycles. The number of hydrogen-bond donors (Lipinski definition) is 0. The molecule has 0 fully saturated rings. The molecule has 1 aromatic carbocycles. The maximum atomic E-state index is 11.2. The number of esters is 1. The molecule has 1 atom stereocenters. The van der Waals surface area contributed by atoms with Crippen LogP contribution in [0.3, 0.4) is 0 Å². The van der Waals surface area contributed by atoms with Crippen LogP contribution < -0.4 is 0 Å². The first kappa shape index (κ1) is 11.5. The molecule has 0 amide bonds. The summed E-state index contributed by atoms with van der Waals surface area (Å²) in [5.41, 5.74) is 1.08. The van der Waals surface area contributed by atoms with E-state index < -0.39 is 0 Å². The van der Waals surface area contributed by atoms with E-state index in [2.05, 4.69) is 0 Å². The van der Waals surface area contributed by atoms with Crippen LogP contribution in [0.2, 0.25) is 0 Å². The Morgan fingerprint density at radius 3 is 2.82 bits per heavy atom. The third-order valence-electron chi connectivity index (χ3n) is 2.51. The highest BCUT2D eigenvalue weighted by atomic mass is 16.5. The number of rotatable bonds is 3. The average molecular weight is 230 g/mol. The zero-order valence-corrected chi connectivity index (χ0v) is 9.63. The summed E-state index contributed by atoms with van der Waals surface area (Å²) in [6.45, 7) is 0. The van der Waals surface area contributed by atoms with Gasteiger partial charge in [0.15, 0.2) is 0 Å². The highest BCUT2D eigenvalue weighted by Crippen LogP contribution is 2.17. The molecule has 0 spiro atoms. The molecule has 0 bridgehead atoms. The molecule has 1 aliphatic heterocycles. The summed E-state index contributed by atoms with van der Waals surface area (Å²) in [6.07, 6.45) is 5.54. The van der Waals surface area contributed by atoms with E-state index in [4.69, 9.17) is 9.47 Å². The Kier molecular flexibility index (Phi) is 3.60. The van der Waals surface area contributed by atoms with Gasteiger partial charge in [-0.25, -0.2) is 4.79 Å². The number of carbonyl (C=O) groups excluding carboxylic acids is 1. The standard InChI is InChI=1S/C14H14O3/c1-16-13-9-12(17-14(15)10-13)8-7-11-5-3-2-4-6-11/h2-8,10,12H,9H2,1H3/b8-7+/t12-/m1/s1. The second-order valence-electron chi connectivity index (χ2n) is 3.76. The number of cyclic esters (lactones) is 1. The molecule has 0 radical (unpaired) electrons. The molecule has 3 heteroatoms. The van der Waals surface area contributed by atoms with Crippen LogP contribution >= 0.6 is 0 Å². The van der Waals surface area contributed by atoms with Crippen LogP contribution in [0, 0.1) is 0 Å². The second kappa shape index (κ2) is 5.34. The molecule has 2 rings (SSSR count). The molecule has 1 aliphatic rings. The molecule has 0 aromatic heterocycles. The number of carbonyl (C=O) groups is 1. The Morgan fingerprint density at radius 1 is 1.35 bits per heavy atom. The maximum Gasteiger partial charge on any atom is 0.334 e. The van der Waals surface area contributed by atoms with E-state index in [1.54, 1.807) is 7.11 Å². The lowest BCUT2D eigenvalue weighted by molar-refractivity contribution is -0.142. The SMILES string of the molecule is COC1=CC(=O)O[C@H](/C=C/c2ccccc2)C1. The second-order valence-corrected chi connectivity index (χ2v) is 3.76. The van der Waals surface area contributed by atoms with Crippen LogP contribution in [0.1, 0.15) is 12.0 Å². The van der Waals surface area contributed by atoms with Gasteiger partial charge in [0.1, 0.15) is 11.9 Å². The zero-order chi connectivity index (χ0) is 12.1. The monoisotopic (exact) mass is 230 g/mol. The van der Waals surface area contributed by atoms with Crippen LogP contribution in [0.4, 0.5) is 0 Å². The van der Waals surface area contributed by atoms with Crippen LogP contribution in [0.15, 0.2) is 48.2 Å². The third kappa shape index (κ3) is 3.21. The predicted molar refractivity (Wildman–Crippen MR) is 65.1 cm³/mol. The molecular weight excluding hydrogens is 216 g/mol. The van der Waals surface area contributed by atoms with Crippen molar-refractivity contribution in [1.29, 1.82) is 0 Å². The van der Waals surface area contributed by atoms with E-state index in [0.29, 0.717) is 12.2 Å². The van der Waals surface area contributed by atoms with Gasteiger partial charge in [-0.15, -0.1) is 0 Å². The van der Waals surface area contributed by atoms with Gasteiger partial charge >= 0.3 is 5.97 Å². The van der Waals surface area contributed by atoms with Crippen molar-refractivity contribution in [2.75, 3.05) is 7.11 Å². The fourth-order valence-corrected chi connectivity index (χ4v) is 1.65. The summed E-state index contributed by atoms with van der Waals surface area (Å²) in [7, 11) is 1.56. The van der Waals surface area contributed by atoms with Gasteiger partial charge in [-0.1, -0.05) is 36.4 Å². The predicted octanol–water partition coefficient (Wildman–Crippen LogP) is 2.55. The minimum absolute atomic E-state index is 0.248. The third-order valence-corrected chi connectivity index (χ3v) is 2.51. The van der Waals surface area contributed by atoms with Gasteiger partial charge in [0.25, 0.3) is 0 Å². The summed E-state index contributed by atoms with van der Waals surface area (Å²) in [5.74, 6) is 0.305. The zero-order valence-electron chi connectivity index (χ0n) is 9.63. The summed E-state index contributed by atoms with van der Waals surface area (Å²) in [5, 5.41) is 0. The van der Waals surface area contributed by atoms with E-state index in [1.165, 1.54) is 6.08 Å². The van der Waals surface area contributed by atoms with Crippen molar-refractivity contribution in [1.82, 2.24) is 0 Å². The van der Waals surface area contributed by atoms with Crippen molar-refractivity contribution in [2.24, 2.45) is 0 Å². The molecule has 0 N–H and O–H groups in total. The van der Waals surface area contributed by atoms with Crippen molar-refractivity contribution in [3.63, 3.8) is 0 Å². The van der Waals surface area contributed by atoms with Crippen LogP contribution in [-0.4, -0.2) is 19.2 Å². The molecule has 1 heterocycles. The van der Waals surface area contributed by atoms with Gasteiger partial charge in [-0.3, -0.25) is 0 Å². The fourth-order valence-electron chi connectivity index (χ4n) is 1.65. The fraction of sp³-hybridized carbons (Fsp3) is 0.214. The van der Waals surface area contributed by atoms with Crippen LogP contribution in [0.5, 0.6) is 0 Å². The highest BCUT2D eigenvalue weighted by Gasteiger charge is 2.19. The number of ether oxygens (including phenoxy) is 2. The quantitative estimate of drug-likeness (QED) is 0.748. The lowest BCUT2D eigenvalue weighted by atomic mass is 10.1. The lowest BCUT2D eigenvalue weighted by Crippen LogP contribution is -2.21. The van der Waals surface area contributed by atoms with Crippen molar-refractivity contribution in [3.8, 4) is 0 Å². The van der Waals surface area contributed by atoms with Crippen LogP contribution in [0.25, 0.3) is 6.08 Å². The summed E-state index contributed by atoms with van der Waals surface area (Å²) in [6, 6.07) is 9.88. The molecule has 1 aromatic rings. The molecule has 0 aliphatic carbocycles. The Bertz CT molecular complexity index is 446. The van der Waals surface area contributed by atoms with Crippen molar-refractivity contribution >= 4 is 12.0 Å². The molecule has 17 heavy (non-hydrogen) atoms. The number of benzene rings is 1. The highest BCUT2D eigenvalue weighted by molar-refractivity contribution is 5.83. The summed E-state index contributed by atoms with van der Waals surface area (Å²) in [4.78, 5) is 11.2. The number of methoxy groups -OCH3 is 1. The topological polar surface area (TPSA) is 35.5 Å². The van der Waals surface area contributed by atoms with E-state index in [-0.39, 0.29) is 12.1 Å². The van der Waals surface area contributed by atoms with Crippen molar-refractivity contribution in [3.05, 3.63) is 53.8 Å². The normalized spacial score (nSPS) is 19.9. The molecule has 0 unspecified atom stereocenters.